The Hall–Kier alpha value is -1.87. The normalized spacial score (nSPS) is 13.3. The first kappa shape index (κ1) is 13.1. The standard InChI is InChI=1S/C17H19FN2/c1-20(12-15-4-2-3-5-16(15)18)11-13-6-7-14-8-9-19-17(14)10-13/h2-7,10,19H,8-9,11-12H2,1H3. The first-order valence-corrected chi connectivity index (χ1v) is 7.00. The molecule has 1 aliphatic heterocycles. The maximum absolute atomic E-state index is 13.6. The van der Waals surface area contributed by atoms with Crippen LogP contribution in [0.25, 0.3) is 0 Å². The molecule has 0 saturated heterocycles. The third-order valence-corrected chi connectivity index (χ3v) is 3.73. The van der Waals surface area contributed by atoms with Gasteiger partial charge in [0.1, 0.15) is 5.82 Å². The van der Waals surface area contributed by atoms with E-state index >= 15 is 0 Å². The van der Waals surface area contributed by atoms with Gasteiger partial charge in [0, 0.05) is 30.9 Å². The Morgan fingerprint density at radius 1 is 1.15 bits per heavy atom. The summed E-state index contributed by atoms with van der Waals surface area (Å²) in [6.45, 7) is 2.48. The number of anilines is 1. The zero-order valence-electron chi connectivity index (χ0n) is 11.7. The number of halogens is 1. The molecule has 20 heavy (non-hydrogen) atoms. The first-order valence-electron chi connectivity index (χ1n) is 7.00. The number of nitrogens with zero attached hydrogens (tertiary/aromatic N) is 1. The van der Waals surface area contributed by atoms with Crippen molar-refractivity contribution < 1.29 is 4.39 Å². The van der Waals surface area contributed by atoms with Crippen LogP contribution in [-0.2, 0) is 19.5 Å². The lowest BCUT2D eigenvalue weighted by molar-refractivity contribution is 0.313. The highest BCUT2D eigenvalue weighted by Crippen LogP contribution is 2.24. The van der Waals surface area contributed by atoms with Gasteiger partial charge < -0.3 is 5.32 Å². The SMILES string of the molecule is CN(Cc1ccc2c(c1)NCC2)Cc1ccccc1F. The second kappa shape index (κ2) is 5.63. The molecule has 104 valence electrons. The molecule has 1 heterocycles. The van der Waals surface area contributed by atoms with E-state index in [1.807, 2.05) is 19.2 Å². The number of nitrogens with one attached hydrogen (secondary N) is 1. The minimum atomic E-state index is -0.130. The molecule has 0 bridgehead atoms. The fourth-order valence-corrected chi connectivity index (χ4v) is 2.72. The number of hydrogen-bond acceptors (Lipinski definition) is 2. The summed E-state index contributed by atoms with van der Waals surface area (Å²) in [5.74, 6) is -0.130. The van der Waals surface area contributed by atoms with E-state index < -0.39 is 0 Å². The first-order chi connectivity index (χ1) is 9.72. The summed E-state index contributed by atoms with van der Waals surface area (Å²) in [6.07, 6.45) is 1.11. The molecule has 3 rings (SSSR count). The number of rotatable bonds is 4. The van der Waals surface area contributed by atoms with Crippen LogP contribution in [0.5, 0.6) is 0 Å². The lowest BCUT2D eigenvalue weighted by Gasteiger charge is -2.17. The molecular formula is C17H19FN2. The van der Waals surface area contributed by atoms with Crippen molar-refractivity contribution in [1.82, 2.24) is 4.90 Å². The Balaban J connectivity index is 1.67. The highest BCUT2D eigenvalue weighted by atomic mass is 19.1. The van der Waals surface area contributed by atoms with Crippen LogP contribution in [0.1, 0.15) is 16.7 Å². The van der Waals surface area contributed by atoms with Crippen LogP contribution in [0.2, 0.25) is 0 Å². The molecule has 0 fully saturated rings. The summed E-state index contributed by atoms with van der Waals surface area (Å²) >= 11 is 0. The Morgan fingerprint density at radius 3 is 2.85 bits per heavy atom. The van der Waals surface area contributed by atoms with E-state index in [2.05, 4.69) is 28.4 Å². The van der Waals surface area contributed by atoms with Crippen LogP contribution in [0.15, 0.2) is 42.5 Å². The molecule has 2 aromatic rings. The lowest BCUT2D eigenvalue weighted by atomic mass is 10.1. The minimum Gasteiger partial charge on any atom is -0.384 e. The molecular weight excluding hydrogens is 251 g/mol. The minimum absolute atomic E-state index is 0.130. The van der Waals surface area contributed by atoms with Crippen molar-refractivity contribution in [2.45, 2.75) is 19.5 Å². The number of fused-ring (bicyclic) bond motifs is 1. The molecule has 0 aliphatic carbocycles. The lowest BCUT2D eigenvalue weighted by Crippen LogP contribution is -2.18. The highest BCUT2D eigenvalue weighted by Gasteiger charge is 2.11. The quantitative estimate of drug-likeness (QED) is 0.915. The van der Waals surface area contributed by atoms with Crippen molar-refractivity contribution >= 4 is 5.69 Å². The summed E-state index contributed by atoms with van der Waals surface area (Å²) in [5.41, 5.74) is 4.65. The predicted molar refractivity (Wildman–Crippen MR) is 80.2 cm³/mol. The van der Waals surface area contributed by atoms with E-state index in [4.69, 9.17) is 0 Å². The number of hydrogen-bond donors (Lipinski definition) is 1. The summed E-state index contributed by atoms with van der Waals surface area (Å²) in [7, 11) is 2.02. The molecule has 0 aromatic heterocycles. The van der Waals surface area contributed by atoms with E-state index in [1.165, 1.54) is 22.9 Å². The second-order valence-corrected chi connectivity index (χ2v) is 5.43. The van der Waals surface area contributed by atoms with Gasteiger partial charge in [-0.15, -0.1) is 0 Å². The van der Waals surface area contributed by atoms with Crippen LogP contribution < -0.4 is 5.32 Å². The van der Waals surface area contributed by atoms with Gasteiger partial charge in [-0.05, 0) is 36.7 Å². The Morgan fingerprint density at radius 2 is 2.00 bits per heavy atom. The van der Waals surface area contributed by atoms with Gasteiger partial charge in [-0.25, -0.2) is 4.39 Å². The van der Waals surface area contributed by atoms with Crippen LogP contribution in [-0.4, -0.2) is 18.5 Å². The van der Waals surface area contributed by atoms with Crippen molar-refractivity contribution in [1.29, 1.82) is 0 Å². The maximum Gasteiger partial charge on any atom is 0.127 e. The molecule has 2 aromatic carbocycles. The molecule has 0 saturated carbocycles. The van der Waals surface area contributed by atoms with Gasteiger partial charge in [-0.1, -0.05) is 30.3 Å². The van der Waals surface area contributed by atoms with Crippen LogP contribution in [0.4, 0.5) is 10.1 Å². The van der Waals surface area contributed by atoms with Crippen molar-refractivity contribution in [3.05, 3.63) is 65.0 Å². The van der Waals surface area contributed by atoms with Gasteiger partial charge in [-0.3, -0.25) is 4.90 Å². The largest absolute Gasteiger partial charge is 0.384 e. The zero-order chi connectivity index (χ0) is 13.9. The maximum atomic E-state index is 13.6. The summed E-state index contributed by atoms with van der Waals surface area (Å²) in [4.78, 5) is 2.13. The summed E-state index contributed by atoms with van der Waals surface area (Å²) < 4.78 is 13.6. The molecule has 1 aliphatic rings. The van der Waals surface area contributed by atoms with Gasteiger partial charge >= 0.3 is 0 Å². The Kier molecular flexibility index (Phi) is 3.70. The third-order valence-electron chi connectivity index (χ3n) is 3.73. The monoisotopic (exact) mass is 270 g/mol. The average molecular weight is 270 g/mol. The average Bonchev–Trinajstić information content (AvgIpc) is 2.89. The topological polar surface area (TPSA) is 15.3 Å². The second-order valence-electron chi connectivity index (χ2n) is 5.43. The van der Waals surface area contributed by atoms with E-state index in [-0.39, 0.29) is 5.82 Å². The van der Waals surface area contributed by atoms with E-state index in [0.717, 1.165) is 25.1 Å². The van der Waals surface area contributed by atoms with Crippen molar-refractivity contribution in [2.75, 3.05) is 18.9 Å². The van der Waals surface area contributed by atoms with Gasteiger partial charge in [0.25, 0.3) is 0 Å². The van der Waals surface area contributed by atoms with E-state index in [0.29, 0.717) is 6.54 Å². The third kappa shape index (κ3) is 2.83. The molecule has 1 N–H and O–H groups in total. The number of benzene rings is 2. The van der Waals surface area contributed by atoms with Crippen molar-refractivity contribution in [2.24, 2.45) is 0 Å². The predicted octanol–water partition coefficient (Wildman–Crippen LogP) is 3.43. The fourth-order valence-electron chi connectivity index (χ4n) is 2.72. The van der Waals surface area contributed by atoms with Gasteiger partial charge in [0.15, 0.2) is 0 Å². The smallest absolute Gasteiger partial charge is 0.127 e. The zero-order valence-corrected chi connectivity index (χ0v) is 11.7. The Labute approximate surface area is 119 Å². The van der Waals surface area contributed by atoms with E-state index in [9.17, 15) is 4.39 Å². The molecule has 3 heteroatoms. The fraction of sp³-hybridized carbons (Fsp3) is 0.294. The molecule has 2 nitrogen and oxygen atoms in total. The Bertz CT molecular complexity index is 610. The van der Waals surface area contributed by atoms with Crippen molar-refractivity contribution in [3.63, 3.8) is 0 Å². The molecule has 0 unspecified atom stereocenters. The summed E-state index contributed by atoms with van der Waals surface area (Å²) in [5, 5.41) is 3.39. The van der Waals surface area contributed by atoms with Crippen LogP contribution >= 0.6 is 0 Å². The van der Waals surface area contributed by atoms with Gasteiger partial charge in [0.05, 0.1) is 0 Å². The van der Waals surface area contributed by atoms with Gasteiger partial charge in [-0.2, -0.15) is 0 Å². The van der Waals surface area contributed by atoms with E-state index in [1.54, 1.807) is 6.07 Å². The highest BCUT2D eigenvalue weighted by molar-refractivity contribution is 5.57. The molecule has 0 amide bonds. The molecule has 0 atom stereocenters. The van der Waals surface area contributed by atoms with Gasteiger partial charge in [0.2, 0.25) is 0 Å². The summed E-state index contributed by atoms with van der Waals surface area (Å²) in [6, 6.07) is 13.5. The van der Waals surface area contributed by atoms with Crippen LogP contribution in [0, 0.1) is 5.82 Å². The molecule has 0 radical (unpaired) electrons. The van der Waals surface area contributed by atoms with Crippen molar-refractivity contribution in [3.8, 4) is 0 Å². The molecule has 0 spiro atoms. The van der Waals surface area contributed by atoms with Crippen LogP contribution in [0.3, 0.4) is 0 Å².